The van der Waals surface area contributed by atoms with Crippen molar-refractivity contribution in [3.05, 3.63) is 17.7 Å². The maximum absolute atomic E-state index is 11.5. The lowest BCUT2D eigenvalue weighted by molar-refractivity contribution is -0.147. The molecule has 0 amide bonds. The number of ether oxygens (including phenoxy) is 1. The highest BCUT2D eigenvalue weighted by Crippen LogP contribution is 2.38. The second kappa shape index (κ2) is 3.97. The van der Waals surface area contributed by atoms with Crippen LogP contribution in [0.15, 0.2) is 12.1 Å². The van der Waals surface area contributed by atoms with E-state index >= 15 is 0 Å². The summed E-state index contributed by atoms with van der Waals surface area (Å²) in [7, 11) is 0. The summed E-state index contributed by atoms with van der Waals surface area (Å²) in [6.45, 7) is 0. The lowest BCUT2D eigenvalue weighted by atomic mass is 9.92. The third kappa shape index (κ3) is 2.15. The van der Waals surface area contributed by atoms with Gasteiger partial charge in [0.05, 0.1) is 12.3 Å². The van der Waals surface area contributed by atoms with E-state index < -0.39 is 17.9 Å². The van der Waals surface area contributed by atoms with Gasteiger partial charge < -0.3 is 20.1 Å². The third-order valence-corrected chi connectivity index (χ3v) is 2.59. The Morgan fingerprint density at radius 3 is 2.76 bits per heavy atom. The summed E-state index contributed by atoms with van der Waals surface area (Å²) in [6, 6.07) is 2.33. The monoisotopic (exact) mass is 238 g/mol. The van der Waals surface area contributed by atoms with Crippen molar-refractivity contribution in [1.82, 2.24) is 0 Å². The summed E-state index contributed by atoms with van der Waals surface area (Å²) in [6.07, 6.45) is -0.259. The summed E-state index contributed by atoms with van der Waals surface area (Å²) < 4.78 is 4.88. The second-order valence-corrected chi connectivity index (χ2v) is 3.86. The van der Waals surface area contributed by atoms with Crippen LogP contribution in [0.1, 0.15) is 12.0 Å². The molecule has 1 aromatic carbocycles. The summed E-state index contributed by atoms with van der Waals surface area (Å²) in [4.78, 5) is 22.0. The average Bonchev–Trinajstić information content (AvgIpc) is 2.19. The Bertz CT molecular complexity index is 493. The number of esters is 1. The van der Waals surface area contributed by atoms with Crippen molar-refractivity contribution in [3.8, 4) is 17.2 Å². The molecule has 1 heterocycles. The number of aromatic hydroxyl groups is 2. The first kappa shape index (κ1) is 11.3. The Morgan fingerprint density at radius 1 is 1.41 bits per heavy atom. The number of rotatable bonds is 2. The van der Waals surface area contributed by atoms with Crippen molar-refractivity contribution in [2.45, 2.75) is 12.8 Å². The van der Waals surface area contributed by atoms with E-state index in [0.29, 0.717) is 5.56 Å². The van der Waals surface area contributed by atoms with Gasteiger partial charge in [-0.2, -0.15) is 0 Å². The SMILES string of the molecule is O=C(O)CC1Cc2c(O)cc(O)cc2OC1=O. The minimum atomic E-state index is -1.10. The maximum Gasteiger partial charge on any atom is 0.315 e. The van der Waals surface area contributed by atoms with E-state index in [1.165, 1.54) is 6.07 Å². The van der Waals surface area contributed by atoms with Crippen LogP contribution in [0.2, 0.25) is 0 Å². The highest BCUT2D eigenvalue weighted by Gasteiger charge is 2.32. The standard InChI is InChI=1S/C11H10O6/c12-6-3-8(13)7-1-5(2-10(14)15)11(16)17-9(7)4-6/h3-5,12-13H,1-2H2,(H,14,15). The number of fused-ring (bicyclic) bond motifs is 1. The molecule has 90 valence electrons. The zero-order valence-electron chi connectivity index (χ0n) is 8.71. The summed E-state index contributed by atoms with van der Waals surface area (Å²) >= 11 is 0. The normalized spacial score (nSPS) is 18.4. The lowest BCUT2D eigenvalue weighted by Gasteiger charge is -2.22. The van der Waals surface area contributed by atoms with Gasteiger partial charge in [0, 0.05) is 17.7 Å². The lowest BCUT2D eigenvalue weighted by Crippen LogP contribution is -2.29. The zero-order chi connectivity index (χ0) is 12.6. The molecule has 0 bridgehead atoms. The Kier molecular flexibility index (Phi) is 2.63. The van der Waals surface area contributed by atoms with E-state index in [1.54, 1.807) is 0 Å². The molecule has 1 aromatic rings. The Balaban J connectivity index is 2.34. The summed E-state index contributed by atoms with van der Waals surface area (Å²) in [5, 5.41) is 27.4. The van der Waals surface area contributed by atoms with Gasteiger partial charge in [0.2, 0.25) is 0 Å². The Hall–Kier alpha value is -2.24. The molecular weight excluding hydrogens is 228 g/mol. The summed E-state index contributed by atoms with van der Waals surface area (Å²) in [5.41, 5.74) is 0.341. The van der Waals surface area contributed by atoms with Gasteiger partial charge in [-0.3, -0.25) is 9.59 Å². The van der Waals surface area contributed by atoms with Crippen LogP contribution in [-0.2, 0) is 16.0 Å². The molecule has 1 unspecified atom stereocenters. The third-order valence-electron chi connectivity index (χ3n) is 2.59. The number of carbonyl (C=O) groups is 2. The van der Waals surface area contributed by atoms with Gasteiger partial charge in [-0.05, 0) is 6.42 Å². The molecule has 1 aliphatic heterocycles. The van der Waals surface area contributed by atoms with E-state index in [2.05, 4.69) is 0 Å². The van der Waals surface area contributed by atoms with Gasteiger partial charge in [-0.25, -0.2) is 0 Å². The van der Waals surface area contributed by atoms with Gasteiger partial charge >= 0.3 is 11.9 Å². The van der Waals surface area contributed by atoms with Crippen LogP contribution in [0.5, 0.6) is 17.2 Å². The fourth-order valence-electron chi connectivity index (χ4n) is 1.80. The van der Waals surface area contributed by atoms with Crippen molar-refractivity contribution in [2.24, 2.45) is 5.92 Å². The number of benzene rings is 1. The van der Waals surface area contributed by atoms with Crippen LogP contribution in [0.25, 0.3) is 0 Å². The fraction of sp³-hybridized carbons (Fsp3) is 0.273. The van der Waals surface area contributed by atoms with Gasteiger partial charge in [-0.1, -0.05) is 0 Å². The largest absolute Gasteiger partial charge is 0.508 e. The molecule has 3 N–H and O–H groups in total. The number of hydrogen-bond donors (Lipinski definition) is 3. The van der Waals surface area contributed by atoms with Crippen LogP contribution in [0.4, 0.5) is 0 Å². The van der Waals surface area contributed by atoms with Gasteiger partial charge in [0.25, 0.3) is 0 Å². The Labute approximate surface area is 96.1 Å². The predicted molar refractivity (Wildman–Crippen MR) is 54.9 cm³/mol. The predicted octanol–water partition coefficient (Wildman–Crippen LogP) is 0.650. The molecule has 6 nitrogen and oxygen atoms in total. The highest BCUT2D eigenvalue weighted by atomic mass is 16.5. The van der Waals surface area contributed by atoms with Crippen molar-refractivity contribution in [3.63, 3.8) is 0 Å². The number of phenols is 2. The molecule has 1 atom stereocenters. The zero-order valence-corrected chi connectivity index (χ0v) is 8.71. The second-order valence-electron chi connectivity index (χ2n) is 3.86. The van der Waals surface area contributed by atoms with E-state index in [0.717, 1.165) is 6.07 Å². The molecule has 0 fully saturated rings. The smallest absolute Gasteiger partial charge is 0.315 e. The van der Waals surface area contributed by atoms with E-state index in [-0.39, 0.29) is 30.1 Å². The molecule has 0 spiro atoms. The van der Waals surface area contributed by atoms with Crippen molar-refractivity contribution < 1.29 is 29.6 Å². The highest BCUT2D eigenvalue weighted by molar-refractivity contribution is 5.83. The number of aliphatic carboxylic acids is 1. The quantitative estimate of drug-likeness (QED) is 0.516. The van der Waals surface area contributed by atoms with Crippen LogP contribution < -0.4 is 4.74 Å². The number of carboxylic acids is 1. The van der Waals surface area contributed by atoms with Gasteiger partial charge in [0.15, 0.2) is 0 Å². The van der Waals surface area contributed by atoms with Crippen LogP contribution in [0.3, 0.4) is 0 Å². The van der Waals surface area contributed by atoms with Crippen molar-refractivity contribution in [1.29, 1.82) is 0 Å². The number of carbonyl (C=O) groups excluding carboxylic acids is 1. The fourth-order valence-corrected chi connectivity index (χ4v) is 1.80. The molecule has 0 radical (unpaired) electrons. The van der Waals surface area contributed by atoms with Crippen LogP contribution in [0, 0.1) is 5.92 Å². The first-order valence-corrected chi connectivity index (χ1v) is 4.95. The van der Waals surface area contributed by atoms with Gasteiger partial charge in [0.1, 0.15) is 17.2 Å². The topological polar surface area (TPSA) is 104 Å². The molecule has 0 saturated heterocycles. The van der Waals surface area contributed by atoms with E-state index in [4.69, 9.17) is 9.84 Å². The first-order chi connectivity index (χ1) is 7.97. The number of phenolic OH excluding ortho intramolecular Hbond substituents is 2. The number of hydrogen-bond acceptors (Lipinski definition) is 5. The van der Waals surface area contributed by atoms with E-state index in [9.17, 15) is 19.8 Å². The maximum atomic E-state index is 11.5. The Morgan fingerprint density at radius 2 is 2.12 bits per heavy atom. The molecule has 6 heteroatoms. The summed E-state index contributed by atoms with van der Waals surface area (Å²) in [5.74, 6) is -2.92. The molecule has 2 rings (SSSR count). The van der Waals surface area contributed by atoms with Gasteiger partial charge in [-0.15, -0.1) is 0 Å². The van der Waals surface area contributed by atoms with Crippen molar-refractivity contribution >= 4 is 11.9 Å². The average molecular weight is 238 g/mol. The van der Waals surface area contributed by atoms with E-state index in [1.807, 2.05) is 0 Å². The van der Waals surface area contributed by atoms with Crippen LogP contribution in [-0.4, -0.2) is 27.3 Å². The minimum Gasteiger partial charge on any atom is -0.508 e. The molecule has 0 saturated carbocycles. The molecule has 0 aliphatic carbocycles. The number of carboxylic acid groups (broad SMARTS) is 1. The molecular formula is C11H10O6. The minimum absolute atomic E-state index is 0.0779. The van der Waals surface area contributed by atoms with Crippen molar-refractivity contribution in [2.75, 3.05) is 0 Å². The van der Waals surface area contributed by atoms with Crippen LogP contribution >= 0.6 is 0 Å². The molecule has 0 aromatic heterocycles. The first-order valence-electron chi connectivity index (χ1n) is 4.95. The molecule has 1 aliphatic rings. The molecule has 17 heavy (non-hydrogen) atoms.